The van der Waals surface area contributed by atoms with Gasteiger partial charge in [0.1, 0.15) is 12.2 Å². The molecule has 0 bridgehead atoms. The summed E-state index contributed by atoms with van der Waals surface area (Å²) in [5.41, 5.74) is 0.774. The molecule has 2 aromatic heterocycles. The Labute approximate surface area is 162 Å². The number of esters is 1. The fourth-order valence-corrected chi connectivity index (χ4v) is 3.10. The maximum Gasteiger partial charge on any atom is 0.310 e. The number of hydrogen-bond acceptors (Lipinski definition) is 6. The predicted molar refractivity (Wildman–Crippen MR) is 100 cm³/mol. The molecule has 0 radical (unpaired) electrons. The first kappa shape index (κ1) is 19.5. The molecule has 9 heteroatoms. The van der Waals surface area contributed by atoms with Crippen LogP contribution in [0.5, 0.6) is 0 Å². The summed E-state index contributed by atoms with van der Waals surface area (Å²) >= 11 is 0. The number of carbonyl (C=O) groups excluding carboxylic acids is 3. The largest absolute Gasteiger partial charge is 0.466 e. The minimum absolute atomic E-state index is 0.0367. The molecule has 1 saturated heterocycles. The van der Waals surface area contributed by atoms with Gasteiger partial charge < -0.3 is 15.0 Å². The van der Waals surface area contributed by atoms with Crippen molar-refractivity contribution in [2.75, 3.05) is 25.0 Å². The SMILES string of the molecule is CCOC(=O)C1CCCN(C(=O)Cn2cc(NC(=O)c3ccccn3)cn2)C1. The fourth-order valence-electron chi connectivity index (χ4n) is 3.10. The molecule has 1 aliphatic heterocycles. The van der Waals surface area contributed by atoms with Crippen molar-refractivity contribution in [3.63, 3.8) is 0 Å². The highest BCUT2D eigenvalue weighted by molar-refractivity contribution is 6.02. The Bertz CT molecular complexity index is 836. The third-order valence-electron chi connectivity index (χ3n) is 4.48. The van der Waals surface area contributed by atoms with Gasteiger partial charge in [-0.2, -0.15) is 5.10 Å². The molecular formula is C19H23N5O4. The molecule has 0 aliphatic carbocycles. The van der Waals surface area contributed by atoms with E-state index in [0.29, 0.717) is 31.1 Å². The molecule has 148 valence electrons. The van der Waals surface area contributed by atoms with Crippen LogP contribution in [-0.4, -0.2) is 57.1 Å². The topological polar surface area (TPSA) is 106 Å². The number of rotatable bonds is 6. The molecule has 3 heterocycles. The van der Waals surface area contributed by atoms with Crippen molar-refractivity contribution in [1.82, 2.24) is 19.7 Å². The Morgan fingerprint density at radius 1 is 1.32 bits per heavy atom. The van der Waals surface area contributed by atoms with Crippen molar-refractivity contribution in [1.29, 1.82) is 0 Å². The number of likely N-dealkylation sites (tertiary alicyclic amines) is 1. The van der Waals surface area contributed by atoms with Crippen LogP contribution < -0.4 is 5.32 Å². The smallest absolute Gasteiger partial charge is 0.310 e. The van der Waals surface area contributed by atoms with Crippen LogP contribution in [0.1, 0.15) is 30.3 Å². The molecular weight excluding hydrogens is 362 g/mol. The molecule has 0 aromatic carbocycles. The van der Waals surface area contributed by atoms with E-state index in [2.05, 4.69) is 15.4 Å². The lowest BCUT2D eigenvalue weighted by Crippen LogP contribution is -2.44. The summed E-state index contributed by atoms with van der Waals surface area (Å²) in [6.07, 6.45) is 6.10. The van der Waals surface area contributed by atoms with E-state index < -0.39 is 0 Å². The van der Waals surface area contributed by atoms with Gasteiger partial charge in [0.25, 0.3) is 5.91 Å². The second-order valence-corrected chi connectivity index (χ2v) is 6.53. The van der Waals surface area contributed by atoms with Crippen molar-refractivity contribution in [3.8, 4) is 0 Å². The fraction of sp³-hybridized carbons (Fsp3) is 0.421. The normalized spacial score (nSPS) is 16.5. The molecule has 1 atom stereocenters. The Hall–Kier alpha value is -3.23. The van der Waals surface area contributed by atoms with Gasteiger partial charge in [-0.1, -0.05) is 6.07 Å². The summed E-state index contributed by atoms with van der Waals surface area (Å²) < 4.78 is 6.53. The van der Waals surface area contributed by atoms with Gasteiger partial charge in [0, 0.05) is 25.5 Å². The van der Waals surface area contributed by atoms with Crippen LogP contribution >= 0.6 is 0 Å². The number of aromatic nitrogens is 3. The van der Waals surface area contributed by atoms with Gasteiger partial charge in [-0.15, -0.1) is 0 Å². The number of carbonyl (C=O) groups is 3. The lowest BCUT2D eigenvalue weighted by Gasteiger charge is -2.31. The van der Waals surface area contributed by atoms with Gasteiger partial charge in [0.2, 0.25) is 5.91 Å². The zero-order valence-corrected chi connectivity index (χ0v) is 15.7. The van der Waals surface area contributed by atoms with E-state index in [1.54, 1.807) is 42.4 Å². The molecule has 9 nitrogen and oxygen atoms in total. The zero-order chi connectivity index (χ0) is 19.9. The maximum absolute atomic E-state index is 12.6. The van der Waals surface area contributed by atoms with Crippen LogP contribution in [0, 0.1) is 5.92 Å². The van der Waals surface area contributed by atoms with Crippen LogP contribution in [0.15, 0.2) is 36.8 Å². The highest BCUT2D eigenvalue weighted by Gasteiger charge is 2.29. The van der Waals surface area contributed by atoms with Gasteiger partial charge >= 0.3 is 5.97 Å². The molecule has 2 amide bonds. The van der Waals surface area contributed by atoms with Crippen molar-refractivity contribution in [2.24, 2.45) is 5.92 Å². The van der Waals surface area contributed by atoms with E-state index in [0.717, 1.165) is 12.8 Å². The van der Waals surface area contributed by atoms with E-state index in [1.807, 2.05) is 0 Å². The number of hydrogen-bond donors (Lipinski definition) is 1. The maximum atomic E-state index is 12.6. The first-order valence-corrected chi connectivity index (χ1v) is 9.26. The summed E-state index contributed by atoms with van der Waals surface area (Å²) in [6.45, 7) is 3.12. The number of anilines is 1. The molecule has 0 spiro atoms. The highest BCUT2D eigenvalue weighted by Crippen LogP contribution is 2.18. The number of nitrogens with zero attached hydrogens (tertiary/aromatic N) is 4. The quantitative estimate of drug-likeness (QED) is 0.752. The molecule has 1 N–H and O–H groups in total. The number of nitrogens with one attached hydrogen (secondary N) is 1. The summed E-state index contributed by atoms with van der Waals surface area (Å²) in [7, 11) is 0. The van der Waals surface area contributed by atoms with Gasteiger partial charge in [0.15, 0.2) is 0 Å². The zero-order valence-electron chi connectivity index (χ0n) is 15.7. The summed E-state index contributed by atoms with van der Waals surface area (Å²) in [5, 5.41) is 6.82. The second-order valence-electron chi connectivity index (χ2n) is 6.53. The average molecular weight is 385 g/mol. The van der Waals surface area contributed by atoms with Gasteiger partial charge in [-0.05, 0) is 31.9 Å². The molecule has 0 saturated carbocycles. The predicted octanol–water partition coefficient (Wildman–Crippen LogP) is 1.33. The van der Waals surface area contributed by atoms with Gasteiger partial charge in [-0.3, -0.25) is 24.0 Å². The van der Waals surface area contributed by atoms with Crippen LogP contribution in [0.2, 0.25) is 0 Å². The van der Waals surface area contributed by atoms with E-state index in [4.69, 9.17) is 4.74 Å². The van der Waals surface area contributed by atoms with E-state index in [1.165, 1.54) is 10.9 Å². The van der Waals surface area contributed by atoms with Crippen LogP contribution in [0.25, 0.3) is 0 Å². The van der Waals surface area contributed by atoms with Gasteiger partial charge in [0.05, 0.1) is 24.4 Å². The lowest BCUT2D eigenvalue weighted by atomic mass is 9.98. The van der Waals surface area contributed by atoms with Crippen LogP contribution in [-0.2, 0) is 20.9 Å². The Balaban J connectivity index is 1.55. The van der Waals surface area contributed by atoms with Crippen molar-refractivity contribution in [2.45, 2.75) is 26.3 Å². The first-order valence-electron chi connectivity index (χ1n) is 9.26. The van der Waals surface area contributed by atoms with E-state index in [9.17, 15) is 14.4 Å². The number of ether oxygens (including phenoxy) is 1. The molecule has 2 aromatic rings. The molecule has 28 heavy (non-hydrogen) atoms. The molecule has 3 rings (SSSR count). The monoisotopic (exact) mass is 385 g/mol. The minimum atomic E-state index is -0.347. The summed E-state index contributed by atoms with van der Waals surface area (Å²) in [4.78, 5) is 42.3. The third kappa shape index (κ3) is 4.93. The first-order chi connectivity index (χ1) is 13.6. The molecule has 1 fully saturated rings. The van der Waals surface area contributed by atoms with Crippen LogP contribution in [0.3, 0.4) is 0 Å². The number of piperidine rings is 1. The highest BCUT2D eigenvalue weighted by atomic mass is 16.5. The van der Waals surface area contributed by atoms with Crippen molar-refractivity contribution < 1.29 is 19.1 Å². The van der Waals surface area contributed by atoms with Crippen molar-refractivity contribution >= 4 is 23.5 Å². The lowest BCUT2D eigenvalue weighted by molar-refractivity contribution is -0.151. The number of pyridine rings is 1. The summed E-state index contributed by atoms with van der Waals surface area (Å²) in [5.74, 6) is -0.999. The van der Waals surface area contributed by atoms with Crippen LogP contribution in [0.4, 0.5) is 5.69 Å². The van der Waals surface area contributed by atoms with Crippen molar-refractivity contribution in [3.05, 3.63) is 42.5 Å². The van der Waals surface area contributed by atoms with Gasteiger partial charge in [-0.25, -0.2) is 0 Å². The Morgan fingerprint density at radius 2 is 2.18 bits per heavy atom. The average Bonchev–Trinajstić information content (AvgIpc) is 3.15. The molecule has 1 aliphatic rings. The Kier molecular flexibility index (Phi) is 6.36. The Morgan fingerprint density at radius 3 is 2.93 bits per heavy atom. The van der Waals surface area contributed by atoms with E-state index >= 15 is 0 Å². The second kappa shape index (κ2) is 9.12. The number of amides is 2. The summed E-state index contributed by atoms with van der Waals surface area (Å²) in [6, 6.07) is 5.07. The molecule has 1 unspecified atom stereocenters. The van der Waals surface area contributed by atoms with E-state index in [-0.39, 0.29) is 30.2 Å². The minimum Gasteiger partial charge on any atom is -0.466 e. The standard InChI is InChI=1S/C19H23N5O4/c1-2-28-19(27)14-6-5-9-23(11-14)17(25)13-24-12-15(10-21-24)22-18(26)16-7-3-4-8-20-16/h3-4,7-8,10,12,14H,2,5-6,9,11,13H2,1H3,(H,22,26). The third-order valence-corrected chi connectivity index (χ3v) is 4.48.